The first-order valence-corrected chi connectivity index (χ1v) is 14.7. The van der Waals surface area contributed by atoms with E-state index in [0.717, 1.165) is 5.56 Å². The summed E-state index contributed by atoms with van der Waals surface area (Å²) < 4.78 is 32.8. The van der Waals surface area contributed by atoms with Gasteiger partial charge in [-0.1, -0.05) is 50.6 Å². The molecule has 0 heterocycles. The first-order valence-electron chi connectivity index (χ1n) is 13.2. The fourth-order valence-corrected chi connectivity index (χ4v) is 5.98. The summed E-state index contributed by atoms with van der Waals surface area (Å²) in [6, 6.07) is 14.3. The van der Waals surface area contributed by atoms with Gasteiger partial charge in [-0.2, -0.15) is 4.31 Å². The van der Waals surface area contributed by atoms with Crippen molar-refractivity contribution >= 4 is 27.7 Å². The molecule has 0 saturated heterocycles. The van der Waals surface area contributed by atoms with Crippen LogP contribution in [0.1, 0.15) is 45.1 Å². The molecule has 0 radical (unpaired) electrons. The van der Waals surface area contributed by atoms with Crippen LogP contribution in [0.3, 0.4) is 0 Å². The van der Waals surface area contributed by atoms with E-state index in [-0.39, 0.29) is 29.9 Å². The molecule has 0 aliphatic carbocycles. The standard InChI is InChI=1S/C28H42N4O6S/c1-21(2)19-32(39(36,37)25-15-13-23(29)14-16-25)24(20-33)11-7-8-18-30-27(34)26(31-28(35)38-3)17-12-22-9-5-4-6-10-22/h4-6,9-10,13-16,21,24,26,33H,7-8,11-12,17-20,29H2,1-3H3,(H,30,34)(H,31,35)/t24-,26+/m0/s1. The number of sulfonamides is 1. The van der Waals surface area contributed by atoms with Crippen LogP contribution < -0.4 is 16.4 Å². The van der Waals surface area contributed by atoms with Crippen molar-refractivity contribution in [1.29, 1.82) is 0 Å². The molecule has 2 aromatic carbocycles. The van der Waals surface area contributed by atoms with Gasteiger partial charge in [-0.3, -0.25) is 4.79 Å². The number of nitrogens with two attached hydrogens (primary N) is 1. The predicted molar refractivity (Wildman–Crippen MR) is 151 cm³/mol. The van der Waals surface area contributed by atoms with Gasteiger partial charge in [0.1, 0.15) is 6.04 Å². The number of amides is 2. The van der Waals surface area contributed by atoms with E-state index in [0.29, 0.717) is 44.3 Å². The number of hydrogen-bond acceptors (Lipinski definition) is 7. The lowest BCUT2D eigenvalue weighted by atomic mass is 10.0. The predicted octanol–water partition coefficient (Wildman–Crippen LogP) is 2.92. The molecule has 0 aliphatic rings. The summed E-state index contributed by atoms with van der Waals surface area (Å²) in [5, 5.41) is 15.5. The molecule has 0 saturated carbocycles. The largest absolute Gasteiger partial charge is 0.453 e. The fraction of sp³-hybridized carbons (Fsp3) is 0.500. The number of alkyl carbamates (subject to hydrolysis) is 1. The molecule has 39 heavy (non-hydrogen) atoms. The number of nitrogens with one attached hydrogen (secondary N) is 2. The topological polar surface area (TPSA) is 151 Å². The van der Waals surface area contributed by atoms with Crippen LogP contribution in [0.15, 0.2) is 59.5 Å². The Hall–Kier alpha value is -3.15. The highest BCUT2D eigenvalue weighted by Crippen LogP contribution is 2.23. The number of carbonyl (C=O) groups excluding carboxylic acids is 2. The first kappa shape index (κ1) is 32.1. The van der Waals surface area contributed by atoms with Crippen molar-refractivity contribution < 1.29 is 27.9 Å². The van der Waals surface area contributed by atoms with Crippen LogP contribution in [-0.4, -0.2) is 68.7 Å². The second-order valence-electron chi connectivity index (χ2n) is 9.87. The van der Waals surface area contributed by atoms with E-state index in [1.807, 2.05) is 44.2 Å². The van der Waals surface area contributed by atoms with Crippen LogP contribution in [0.5, 0.6) is 0 Å². The smallest absolute Gasteiger partial charge is 0.407 e. The summed E-state index contributed by atoms with van der Waals surface area (Å²) in [6.07, 6.45) is 1.91. The van der Waals surface area contributed by atoms with Gasteiger partial charge in [-0.25, -0.2) is 13.2 Å². The van der Waals surface area contributed by atoms with Gasteiger partial charge in [0.25, 0.3) is 0 Å². The second kappa shape index (κ2) is 16.1. The zero-order chi connectivity index (χ0) is 28.8. The molecule has 2 aromatic rings. The summed E-state index contributed by atoms with van der Waals surface area (Å²) in [5.41, 5.74) is 7.24. The molecule has 0 aromatic heterocycles. The third-order valence-electron chi connectivity index (χ3n) is 6.27. The Morgan fingerprint density at radius 3 is 2.28 bits per heavy atom. The Morgan fingerprint density at radius 1 is 1.03 bits per heavy atom. The van der Waals surface area contributed by atoms with Crippen molar-refractivity contribution in [3.05, 3.63) is 60.2 Å². The minimum absolute atomic E-state index is 0.0528. The first-order chi connectivity index (χ1) is 18.6. The van der Waals surface area contributed by atoms with Gasteiger partial charge in [0, 0.05) is 24.8 Å². The SMILES string of the molecule is COC(=O)N[C@H](CCc1ccccc1)C(=O)NCCCC[C@@H](CO)N(CC(C)C)S(=O)(=O)c1ccc(N)cc1. The Morgan fingerprint density at radius 2 is 1.69 bits per heavy atom. The lowest BCUT2D eigenvalue weighted by Gasteiger charge is -2.31. The molecule has 0 fully saturated rings. The number of aliphatic hydroxyl groups excluding tert-OH is 1. The number of rotatable bonds is 16. The zero-order valence-electron chi connectivity index (χ0n) is 23.0. The van der Waals surface area contributed by atoms with Crippen LogP contribution in [0.25, 0.3) is 0 Å². The van der Waals surface area contributed by atoms with Gasteiger partial charge in [-0.15, -0.1) is 0 Å². The maximum absolute atomic E-state index is 13.4. The van der Waals surface area contributed by atoms with Gasteiger partial charge in [0.2, 0.25) is 15.9 Å². The van der Waals surface area contributed by atoms with Crippen molar-refractivity contribution in [1.82, 2.24) is 14.9 Å². The molecule has 216 valence electrons. The van der Waals surface area contributed by atoms with Crippen LogP contribution in [0.4, 0.5) is 10.5 Å². The van der Waals surface area contributed by atoms with E-state index in [1.54, 1.807) is 12.1 Å². The van der Waals surface area contributed by atoms with Crippen molar-refractivity contribution in [2.45, 2.75) is 62.9 Å². The van der Waals surface area contributed by atoms with E-state index in [2.05, 4.69) is 15.4 Å². The number of anilines is 1. The van der Waals surface area contributed by atoms with Gasteiger partial charge in [0.15, 0.2) is 0 Å². The van der Waals surface area contributed by atoms with E-state index < -0.39 is 28.2 Å². The average molecular weight is 563 g/mol. The number of nitrogen functional groups attached to an aromatic ring is 1. The summed E-state index contributed by atoms with van der Waals surface area (Å²) >= 11 is 0. The minimum atomic E-state index is -3.84. The van der Waals surface area contributed by atoms with Crippen molar-refractivity contribution in [3.63, 3.8) is 0 Å². The minimum Gasteiger partial charge on any atom is -0.453 e. The maximum Gasteiger partial charge on any atom is 0.407 e. The van der Waals surface area contributed by atoms with Crippen molar-refractivity contribution in [2.75, 3.05) is 32.5 Å². The molecule has 5 N–H and O–H groups in total. The summed E-state index contributed by atoms with van der Waals surface area (Å²) in [5.74, 6) is -0.264. The van der Waals surface area contributed by atoms with Gasteiger partial charge in [-0.05, 0) is 61.4 Å². The quantitative estimate of drug-likeness (QED) is 0.181. The zero-order valence-corrected chi connectivity index (χ0v) is 23.8. The molecule has 0 unspecified atom stereocenters. The van der Waals surface area contributed by atoms with E-state index in [9.17, 15) is 23.1 Å². The third kappa shape index (κ3) is 10.5. The Labute approximate surface area is 232 Å². The number of ether oxygens (including phenoxy) is 1. The molecule has 2 atom stereocenters. The van der Waals surface area contributed by atoms with Crippen LogP contribution in [-0.2, 0) is 26.0 Å². The number of unbranched alkanes of at least 4 members (excludes halogenated alkanes) is 1. The monoisotopic (exact) mass is 562 g/mol. The Bertz CT molecular complexity index is 1130. The van der Waals surface area contributed by atoms with Crippen LogP contribution in [0, 0.1) is 5.92 Å². The number of methoxy groups -OCH3 is 1. The van der Waals surface area contributed by atoms with E-state index in [1.165, 1.54) is 23.5 Å². The molecule has 0 aliphatic heterocycles. The third-order valence-corrected chi connectivity index (χ3v) is 8.20. The molecule has 2 amide bonds. The second-order valence-corrected chi connectivity index (χ2v) is 11.8. The van der Waals surface area contributed by atoms with Gasteiger partial charge in [0.05, 0.1) is 18.6 Å². The van der Waals surface area contributed by atoms with E-state index in [4.69, 9.17) is 5.73 Å². The average Bonchev–Trinajstić information content (AvgIpc) is 2.92. The van der Waals surface area contributed by atoms with Crippen molar-refractivity contribution in [2.24, 2.45) is 5.92 Å². The number of hydrogen-bond donors (Lipinski definition) is 4. The number of aryl methyl sites for hydroxylation is 1. The summed E-state index contributed by atoms with van der Waals surface area (Å²) in [4.78, 5) is 24.7. The number of carbonyl (C=O) groups is 2. The van der Waals surface area contributed by atoms with Crippen molar-refractivity contribution in [3.8, 4) is 0 Å². The van der Waals surface area contributed by atoms with Gasteiger partial charge >= 0.3 is 6.09 Å². The normalized spacial score (nSPS) is 13.2. The fourth-order valence-electron chi connectivity index (χ4n) is 4.17. The molecule has 0 spiro atoms. The highest BCUT2D eigenvalue weighted by molar-refractivity contribution is 7.89. The summed E-state index contributed by atoms with van der Waals surface area (Å²) in [6.45, 7) is 4.13. The Balaban J connectivity index is 1.94. The number of nitrogens with zero attached hydrogens (tertiary/aromatic N) is 1. The molecular formula is C28H42N4O6S. The number of benzene rings is 2. The molecular weight excluding hydrogens is 520 g/mol. The molecule has 0 bridgehead atoms. The van der Waals surface area contributed by atoms with Gasteiger partial charge < -0.3 is 26.2 Å². The lowest BCUT2D eigenvalue weighted by Crippen LogP contribution is -2.47. The highest BCUT2D eigenvalue weighted by atomic mass is 32.2. The summed E-state index contributed by atoms with van der Waals surface area (Å²) in [7, 11) is -2.59. The van der Waals surface area contributed by atoms with Crippen LogP contribution >= 0.6 is 0 Å². The molecule has 10 nitrogen and oxygen atoms in total. The molecule has 2 rings (SSSR count). The van der Waals surface area contributed by atoms with Crippen LogP contribution in [0.2, 0.25) is 0 Å². The Kier molecular flexibility index (Phi) is 13.2. The van der Waals surface area contributed by atoms with E-state index >= 15 is 0 Å². The lowest BCUT2D eigenvalue weighted by molar-refractivity contribution is -0.123. The highest BCUT2D eigenvalue weighted by Gasteiger charge is 2.31. The number of aliphatic hydroxyl groups is 1. The maximum atomic E-state index is 13.4. The molecule has 11 heteroatoms.